The molecule has 0 aliphatic rings. The molecule has 2 N–H and O–H groups in total. The molecule has 24 heavy (non-hydrogen) atoms. The van der Waals surface area contributed by atoms with E-state index in [2.05, 4.69) is 6.07 Å². The van der Waals surface area contributed by atoms with Crippen LogP contribution in [0.1, 0.15) is 18.1 Å². The van der Waals surface area contributed by atoms with E-state index >= 15 is 0 Å². The highest BCUT2D eigenvalue weighted by Gasteiger charge is 2.08. The van der Waals surface area contributed by atoms with Crippen LogP contribution in [0.15, 0.2) is 36.4 Å². The molecule has 2 aromatic rings. The molecule has 5 nitrogen and oxygen atoms in total. The van der Waals surface area contributed by atoms with Crippen molar-refractivity contribution in [1.82, 2.24) is 0 Å². The molecule has 0 spiro atoms. The van der Waals surface area contributed by atoms with Gasteiger partial charge in [-0.25, -0.2) is 0 Å². The number of allylic oxidation sites excluding steroid dienone is 1. The largest absolute Gasteiger partial charge is 0.495 e. The van der Waals surface area contributed by atoms with Crippen LogP contribution in [0.2, 0.25) is 0 Å². The van der Waals surface area contributed by atoms with E-state index in [1.54, 1.807) is 38.5 Å². The summed E-state index contributed by atoms with van der Waals surface area (Å²) in [6.45, 7) is 2.44. The molecule has 0 fully saturated rings. The number of methoxy groups -OCH3 is 2. The van der Waals surface area contributed by atoms with Crippen molar-refractivity contribution in [2.45, 2.75) is 6.92 Å². The average molecular weight is 324 g/mol. The van der Waals surface area contributed by atoms with E-state index in [4.69, 9.17) is 19.9 Å². The normalized spacial score (nSPS) is 10.8. The molecule has 0 amide bonds. The fourth-order valence-electron chi connectivity index (χ4n) is 2.30. The molecule has 5 heteroatoms. The van der Waals surface area contributed by atoms with Crippen molar-refractivity contribution in [3.8, 4) is 23.3 Å². The van der Waals surface area contributed by atoms with E-state index in [-0.39, 0.29) is 0 Å². The zero-order chi connectivity index (χ0) is 17.5. The Bertz CT molecular complexity index is 792. The van der Waals surface area contributed by atoms with E-state index in [1.165, 1.54) is 0 Å². The number of nitrogen functional groups attached to an aromatic ring is 1. The van der Waals surface area contributed by atoms with Crippen LogP contribution in [0.3, 0.4) is 0 Å². The van der Waals surface area contributed by atoms with Crippen molar-refractivity contribution in [2.24, 2.45) is 0 Å². The first-order valence-electron chi connectivity index (χ1n) is 7.49. The summed E-state index contributed by atoms with van der Waals surface area (Å²) in [6.07, 6.45) is 1.78. The van der Waals surface area contributed by atoms with Crippen molar-refractivity contribution in [3.05, 3.63) is 47.5 Å². The van der Waals surface area contributed by atoms with Gasteiger partial charge in [-0.1, -0.05) is 6.07 Å². The number of nitriles is 1. The van der Waals surface area contributed by atoms with Gasteiger partial charge in [-0.05, 0) is 54.5 Å². The third-order valence-corrected chi connectivity index (χ3v) is 3.46. The van der Waals surface area contributed by atoms with Crippen molar-refractivity contribution in [1.29, 1.82) is 5.26 Å². The van der Waals surface area contributed by atoms with Gasteiger partial charge in [-0.15, -0.1) is 0 Å². The second-order valence-electron chi connectivity index (χ2n) is 4.97. The first-order valence-corrected chi connectivity index (χ1v) is 7.49. The SMILES string of the molecule is CCOc1cc(C=C(C#N)c2ccc(OC)c(N)c2)ccc1OC. The molecule has 0 saturated heterocycles. The Morgan fingerprint density at radius 1 is 1.08 bits per heavy atom. The molecular weight excluding hydrogens is 304 g/mol. The maximum Gasteiger partial charge on any atom is 0.161 e. The molecular formula is C19H20N2O3. The monoisotopic (exact) mass is 324 g/mol. The van der Waals surface area contributed by atoms with Gasteiger partial charge < -0.3 is 19.9 Å². The summed E-state index contributed by atoms with van der Waals surface area (Å²) in [7, 11) is 3.15. The number of nitrogens with two attached hydrogens (primary N) is 1. The zero-order valence-electron chi connectivity index (χ0n) is 14.0. The van der Waals surface area contributed by atoms with Gasteiger partial charge in [0.1, 0.15) is 5.75 Å². The first kappa shape index (κ1) is 17.2. The van der Waals surface area contributed by atoms with Crippen molar-refractivity contribution in [2.75, 3.05) is 26.6 Å². The number of ether oxygens (including phenoxy) is 3. The molecule has 0 atom stereocenters. The minimum absolute atomic E-state index is 0.487. The first-order chi connectivity index (χ1) is 11.6. The molecule has 0 unspecified atom stereocenters. The lowest BCUT2D eigenvalue weighted by Gasteiger charge is -2.10. The average Bonchev–Trinajstić information content (AvgIpc) is 2.60. The number of nitrogens with zero attached hydrogens (tertiary/aromatic N) is 1. The van der Waals surface area contributed by atoms with Gasteiger partial charge in [0, 0.05) is 0 Å². The van der Waals surface area contributed by atoms with Crippen LogP contribution >= 0.6 is 0 Å². The minimum atomic E-state index is 0.487. The lowest BCUT2D eigenvalue weighted by Crippen LogP contribution is -1.96. The van der Waals surface area contributed by atoms with Crippen LogP contribution in [0.4, 0.5) is 5.69 Å². The van der Waals surface area contributed by atoms with Crippen molar-refractivity contribution < 1.29 is 14.2 Å². The minimum Gasteiger partial charge on any atom is -0.495 e. The molecule has 0 aromatic heterocycles. The molecule has 0 aliphatic heterocycles. The lowest BCUT2D eigenvalue weighted by molar-refractivity contribution is 0.311. The summed E-state index contributed by atoms with van der Waals surface area (Å²) in [5, 5.41) is 9.49. The predicted molar refractivity (Wildman–Crippen MR) is 95.1 cm³/mol. The maximum absolute atomic E-state index is 9.49. The zero-order valence-corrected chi connectivity index (χ0v) is 14.0. The van der Waals surface area contributed by atoms with Crippen LogP contribution in [-0.4, -0.2) is 20.8 Å². The summed E-state index contributed by atoms with van der Waals surface area (Å²) in [5.41, 5.74) is 8.47. The Balaban J connectivity index is 2.42. The highest BCUT2D eigenvalue weighted by Crippen LogP contribution is 2.31. The van der Waals surface area contributed by atoms with Crippen molar-refractivity contribution >= 4 is 17.3 Å². The number of rotatable bonds is 6. The van der Waals surface area contributed by atoms with E-state index in [0.29, 0.717) is 35.1 Å². The van der Waals surface area contributed by atoms with E-state index in [0.717, 1.165) is 11.1 Å². The van der Waals surface area contributed by atoms with Gasteiger partial charge in [0.25, 0.3) is 0 Å². The maximum atomic E-state index is 9.49. The van der Waals surface area contributed by atoms with Crippen molar-refractivity contribution in [3.63, 3.8) is 0 Å². The van der Waals surface area contributed by atoms with Gasteiger partial charge in [0.05, 0.1) is 38.2 Å². The Morgan fingerprint density at radius 2 is 1.79 bits per heavy atom. The molecule has 0 radical (unpaired) electrons. The van der Waals surface area contributed by atoms with Gasteiger partial charge in [0.2, 0.25) is 0 Å². The van der Waals surface area contributed by atoms with E-state index in [1.807, 2.05) is 25.1 Å². The third-order valence-electron chi connectivity index (χ3n) is 3.46. The fraction of sp³-hybridized carbons (Fsp3) is 0.211. The molecule has 2 rings (SSSR count). The number of anilines is 1. The quantitative estimate of drug-likeness (QED) is 0.497. The molecule has 0 bridgehead atoms. The van der Waals surface area contributed by atoms with Crippen LogP contribution in [0, 0.1) is 11.3 Å². The third kappa shape index (κ3) is 3.79. The molecule has 2 aromatic carbocycles. The standard InChI is InChI=1S/C19H20N2O3/c1-4-24-19-10-13(5-7-18(19)23-3)9-15(12-20)14-6-8-17(22-2)16(21)11-14/h5-11H,4,21H2,1-3H3. The van der Waals surface area contributed by atoms with Gasteiger partial charge in [0.15, 0.2) is 11.5 Å². The summed E-state index contributed by atoms with van der Waals surface area (Å²) in [5.74, 6) is 1.88. The highest BCUT2D eigenvalue weighted by molar-refractivity contribution is 5.91. The Hall–Kier alpha value is -3.13. The summed E-state index contributed by atoms with van der Waals surface area (Å²) < 4.78 is 16.0. The van der Waals surface area contributed by atoms with Gasteiger partial charge >= 0.3 is 0 Å². The molecule has 0 saturated carbocycles. The van der Waals surface area contributed by atoms with Crippen LogP contribution < -0.4 is 19.9 Å². The number of hydrogen-bond acceptors (Lipinski definition) is 5. The highest BCUT2D eigenvalue weighted by atomic mass is 16.5. The van der Waals surface area contributed by atoms with Crippen LogP contribution in [-0.2, 0) is 0 Å². The van der Waals surface area contributed by atoms with E-state index < -0.39 is 0 Å². The molecule has 0 aliphatic carbocycles. The summed E-state index contributed by atoms with van der Waals surface area (Å²) in [4.78, 5) is 0. The molecule has 124 valence electrons. The number of hydrogen-bond donors (Lipinski definition) is 1. The Morgan fingerprint density at radius 3 is 2.38 bits per heavy atom. The Kier molecular flexibility index (Phi) is 5.69. The summed E-state index contributed by atoms with van der Waals surface area (Å²) >= 11 is 0. The van der Waals surface area contributed by atoms with Crippen LogP contribution in [0.25, 0.3) is 11.6 Å². The summed E-state index contributed by atoms with van der Waals surface area (Å²) in [6, 6.07) is 13.0. The smallest absolute Gasteiger partial charge is 0.161 e. The lowest BCUT2D eigenvalue weighted by atomic mass is 10.0. The van der Waals surface area contributed by atoms with Crippen LogP contribution in [0.5, 0.6) is 17.2 Å². The molecule has 0 heterocycles. The topological polar surface area (TPSA) is 77.5 Å². The Labute approximate surface area is 141 Å². The fourth-order valence-corrected chi connectivity index (χ4v) is 2.30. The second kappa shape index (κ2) is 7.93. The predicted octanol–water partition coefficient (Wildman–Crippen LogP) is 3.75. The number of benzene rings is 2. The van der Waals surface area contributed by atoms with Gasteiger partial charge in [-0.2, -0.15) is 5.26 Å². The van der Waals surface area contributed by atoms with Gasteiger partial charge in [-0.3, -0.25) is 0 Å². The second-order valence-corrected chi connectivity index (χ2v) is 4.97. The van der Waals surface area contributed by atoms with E-state index in [9.17, 15) is 5.26 Å².